The fourth-order valence-electron chi connectivity index (χ4n) is 12.0. The molecule has 2 saturated heterocycles. The lowest BCUT2D eigenvalue weighted by atomic mass is 9.44. The molecule has 3 aromatic rings. The number of aliphatic hydroxyl groups is 1. The van der Waals surface area contributed by atoms with Gasteiger partial charge in [-0.1, -0.05) is 61.5 Å². The van der Waals surface area contributed by atoms with E-state index in [1.807, 2.05) is 32.3 Å². The summed E-state index contributed by atoms with van der Waals surface area (Å²) >= 11 is 0. The van der Waals surface area contributed by atoms with Gasteiger partial charge in [-0.15, -0.1) is 0 Å². The molecule has 0 amide bonds. The molecule has 3 fully saturated rings. The molecule has 1 saturated carbocycles. The molecule has 10 rings (SSSR count). The number of piperidine rings is 1. The first-order chi connectivity index (χ1) is 29.3. The third-order valence-electron chi connectivity index (χ3n) is 14.8. The molecule has 3 aliphatic heterocycles. The molecule has 3 aromatic carbocycles. The number of ether oxygens (including phenoxy) is 2. The summed E-state index contributed by atoms with van der Waals surface area (Å²) in [6.45, 7) is 3.86. The molecule has 7 aliphatic rings. The van der Waals surface area contributed by atoms with Gasteiger partial charge in [-0.2, -0.15) is 0 Å². The Morgan fingerprint density at radius 2 is 1.77 bits per heavy atom. The molecule has 9 heteroatoms. The topological polar surface area (TPSA) is 129 Å². The normalized spacial score (nSPS) is 29.4. The Kier molecular flexibility index (Phi) is 11.5. The molecule has 314 valence electrons. The van der Waals surface area contributed by atoms with Gasteiger partial charge >= 0.3 is 11.9 Å². The Morgan fingerprint density at radius 3 is 2.55 bits per heavy atom. The van der Waals surface area contributed by atoms with Crippen LogP contribution < -0.4 is 16.0 Å². The number of aromatic hydroxyl groups is 1. The molecular formula is C51H59N3O6. The van der Waals surface area contributed by atoms with Crippen molar-refractivity contribution in [2.75, 3.05) is 27.2 Å². The number of cyclic esters (lactones) is 2. The summed E-state index contributed by atoms with van der Waals surface area (Å²) in [6, 6.07) is 24.4. The second-order valence-corrected chi connectivity index (χ2v) is 17.9. The highest BCUT2D eigenvalue weighted by atomic mass is 16.5. The van der Waals surface area contributed by atoms with Gasteiger partial charge in [0.1, 0.15) is 17.3 Å². The summed E-state index contributed by atoms with van der Waals surface area (Å²) in [7, 11) is 3.89. The monoisotopic (exact) mass is 809 g/mol. The summed E-state index contributed by atoms with van der Waals surface area (Å²) in [5.74, 6) is 0.996. The van der Waals surface area contributed by atoms with Crippen LogP contribution in [-0.2, 0) is 32.0 Å². The largest absolute Gasteiger partial charge is 0.508 e. The summed E-state index contributed by atoms with van der Waals surface area (Å²) in [5, 5.41) is 31.8. The van der Waals surface area contributed by atoms with Crippen molar-refractivity contribution in [2.24, 2.45) is 40.9 Å². The number of rotatable bonds is 13. The van der Waals surface area contributed by atoms with Crippen LogP contribution in [0.1, 0.15) is 75.0 Å². The van der Waals surface area contributed by atoms with Crippen molar-refractivity contribution in [2.45, 2.75) is 77.4 Å². The van der Waals surface area contributed by atoms with Crippen LogP contribution in [0.2, 0.25) is 0 Å². The van der Waals surface area contributed by atoms with Crippen molar-refractivity contribution in [1.29, 1.82) is 0 Å². The number of allylic oxidation sites excluding steroid dienone is 5. The molecule has 0 aromatic heterocycles. The molecule has 8 unspecified atom stereocenters. The number of carbonyl (C=O) groups excluding carboxylic acids is 2. The number of hydrogen-bond donors (Lipinski definition) is 5. The van der Waals surface area contributed by atoms with Gasteiger partial charge in [-0.25, -0.2) is 9.59 Å². The summed E-state index contributed by atoms with van der Waals surface area (Å²) < 4.78 is 12.8. The van der Waals surface area contributed by atoms with Gasteiger partial charge in [-0.05, 0) is 172 Å². The molecule has 3 heterocycles. The van der Waals surface area contributed by atoms with Crippen molar-refractivity contribution in [1.82, 2.24) is 16.0 Å². The Hall–Kier alpha value is -4.80. The number of phenols is 1. The van der Waals surface area contributed by atoms with Crippen LogP contribution in [0.4, 0.5) is 0 Å². The fraction of sp³-hybridized carbons (Fsp3) is 0.451. The summed E-state index contributed by atoms with van der Waals surface area (Å²) in [6.07, 6.45) is 11.7. The fourth-order valence-corrected chi connectivity index (χ4v) is 12.0. The summed E-state index contributed by atoms with van der Waals surface area (Å²) in [5.41, 5.74) is 7.58. The number of benzene rings is 3. The van der Waals surface area contributed by atoms with E-state index in [1.54, 1.807) is 6.07 Å². The zero-order valence-electron chi connectivity index (χ0n) is 35.1. The highest BCUT2D eigenvalue weighted by Gasteiger charge is 2.68. The van der Waals surface area contributed by atoms with E-state index in [0.29, 0.717) is 54.4 Å². The first-order valence-electron chi connectivity index (χ1n) is 22.2. The lowest BCUT2D eigenvalue weighted by Gasteiger charge is -2.56. The van der Waals surface area contributed by atoms with Gasteiger partial charge in [0, 0.05) is 30.2 Å². The van der Waals surface area contributed by atoms with Crippen LogP contribution in [0.25, 0.3) is 16.7 Å². The Labute approximate surface area is 354 Å². The predicted octanol–water partition coefficient (Wildman–Crippen LogP) is 7.96. The summed E-state index contributed by atoms with van der Waals surface area (Å²) in [4.78, 5) is 29.3. The van der Waals surface area contributed by atoms with E-state index in [2.05, 4.69) is 83.6 Å². The van der Waals surface area contributed by atoms with Gasteiger partial charge < -0.3 is 35.6 Å². The van der Waals surface area contributed by atoms with Crippen molar-refractivity contribution < 1.29 is 29.3 Å². The van der Waals surface area contributed by atoms with Crippen LogP contribution >= 0.6 is 0 Å². The Morgan fingerprint density at radius 1 is 0.933 bits per heavy atom. The van der Waals surface area contributed by atoms with Gasteiger partial charge in [0.2, 0.25) is 0 Å². The first-order valence-corrected chi connectivity index (χ1v) is 22.2. The number of carbonyl (C=O) groups is 2. The van der Waals surface area contributed by atoms with Crippen molar-refractivity contribution >= 4 is 17.5 Å². The van der Waals surface area contributed by atoms with Gasteiger partial charge in [0.15, 0.2) is 0 Å². The first kappa shape index (κ1) is 40.6. The number of fused-ring (bicyclic) bond motifs is 1. The second kappa shape index (κ2) is 16.9. The third-order valence-corrected chi connectivity index (χ3v) is 14.8. The van der Waals surface area contributed by atoms with Crippen molar-refractivity contribution in [3.05, 3.63) is 130 Å². The predicted molar refractivity (Wildman–Crippen MR) is 233 cm³/mol. The lowest BCUT2D eigenvalue weighted by molar-refractivity contribution is -0.135. The third kappa shape index (κ3) is 7.07. The minimum absolute atomic E-state index is 0.0280. The molecule has 60 heavy (non-hydrogen) atoms. The molecule has 5 N–H and O–H groups in total. The highest BCUT2D eigenvalue weighted by Crippen LogP contribution is 2.72. The van der Waals surface area contributed by atoms with E-state index in [1.165, 1.54) is 5.56 Å². The molecule has 8 atom stereocenters. The molecular weight excluding hydrogens is 751 g/mol. The van der Waals surface area contributed by atoms with Crippen LogP contribution in [0.3, 0.4) is 0 Å². The Balaban J connectivity index is 1.19. The quantitative estimate of drug-likeness (QED) is 0.109. The van der Waals surface area contributed by atoms with Crippen LogP contribution in [0, 0.1) is 40.9 Å². The smallest absolute Gasteiger partial charge is 0.340 e. The van der Waals surface area contributed by atoms with Gasteiger partial charge in [-0.3, -0.25) is 0 Å². The van der Waals surface area contributed by atoms with Crippen molar-refractivity contribution in [3.63, 3.8) is 0 Å². The van der Waals surface area contributed by atoms with E-state index in [0.717, 1.165) is 78.5 Å². The average Bonchev–Trinajstić information content (AvgIpc) is 3.76. The molecule has 9 nitrogen and oxygen atoms in total. The van der Waals surface area contributed by atoms with E-state index in [-0.39, 0.29) is 60.1 Å². The van der Waals surface area contributed by atoms with E-state index < -0.39 is 5.41 Å². The lowest BCUT2D eigenvalue weighted by Crippen LogP contribution is -2.52. The highest BCUT2D eigenvalue weighted by molar-refractivity contribution is 6.07. The molecule has 1 spiro atoms. The number of esters is 2. The standard InChI is InChI=1S/C51H59N3O6/c1-4-30(23-31-9-6-5-7-10-31)25-43-51-21-19-38(45(48(51)50(58)60-43)41-27-36(56)14-15-37(41)34-12-8-11-32(24-34)28-52-2)39-16-17-40-42(59-49(57)46(40)47(39)51)18-13-35(29-55)33-20-22-54-44(26-33)53-3/h5-12,14-15,18,24-25,27,30,33,35,38-39,44,47,52-56H,4,13,16-17,19-23,26,28-29H2,1-3H3. The SMILES string of the molecule is CCC(C=C1OC(=O)C2=C(c3cc(O)ccc3-c3cccc(CNC)c3)C3CCC12C1C2=C(CCC31)C(=CCC(CO)C1CCNC(NC)C1)OC2=O)Cc1ccccc1. The maximum atomic E-state index is 14.8. The number of aliphatic hydroxyl groups excluding tert-OH is 1. The van der Waals surface area contributed by atoms with E-state index in [9.17, 15) is 19.8 Å². The maximum absolute atomic E-state index is 14.8. The second-order valence-electron chi connectivity index (χ2n) is 17.9. The van der Waals surface area contributed by atoms with Gasteiger partial charge in [0.25, 0.3) is 0 Å². The maximum Gasteiger partial charge on any atom is 0.340 e. The minimum Gasteiger partial charge on any atom is -0.508 e. The minimum atomic E-state index is -0.868. The average molecular weight is 810 g/mol. The molecule has 4 aliphatic carbocycles. The van der Waals surface area contributed by atoms with E-state index >= 15 is 0 Å². The van der Waals surface area contributed by atoms with Crippen LogP contribution in [0.15, 0.2) is 113 Å². The van der Waals surface area contributed by atoms with Crippen LogP contribution in [-0.4, -0.2) is 55.6 Å². The van der Waals surface area contributed by atoms with Crippen LogP contribution in [0.5, 0.6) is 5.75 Å². The zero-order valence-corrected chi connectivity index (χ0v) is 35.1. The molecule has 2 bridgehead atoms. The zero-order chi connectivity index (χ0) is 41.5. The number of hydrogen-bond acceptors (Lipinski definition) is 9. The number of nitrogens with one attached hydrogen (secondary N) is 3. The number of phenolic OH excluding ortho intramolecular Hbond substituents is 1. The Bertz CT molecular complexity index is 2280. The van der Waals surface area contributed by atoms with Crippen molar-refractivity contribution in [3.8, 4) is 16.9 Å². The van der Waals surface area contributed by atoms with Gasteiger partial charge in [0.05, 0.1) is 17.2 Å². The molecule has 0 radical (unpaired) electrons. The van der Waals surface area contributed by atoms with E-state index in [4.69, 9.17) is 9.47 Å².